The summed E-state index contributed by atoms with van der Waals surface area (Å²) in [5.74, 6) is 1.22. The summed E-state index contributed by atoms with van der Waals surface area (Å²) in [5, 5.41) is 6.74. The lowest BCUT2D eigenvalue weighted by atomic mass is 10.3. The second-order valence-corrected chi connectivity index (χ2v) is 5.76. The molecule has 0 aliphatic carbocycles. The molecule has 2 aromatic carbocycles. The number of hydrogen-bond acceptors (Lipinski definition) is 5. The van der Waals surface area contributed by atoms with E-state index in [2.05, 4.69) is 20.6 Å². The number of anilines is 4. The van der Waals surface area contributed by atoms with Gasteiger partial charge in [0.15, 0.2) is 0 Å². The van der Waals surface area contributed by atoms with Crippen LogP contribution in [-0.2, 0) is 0 Å². The van der Waals surface area contributed by atoms with Gasteiger partial charge in [0.05, 0.1) is 12.8 Å². The Labute approximate surface area is 149 Å². The molecule has 1 heterocycles. The maximum Gasteiger partial charge on any atom is 0.229 e. The Hall–Kier alpha value is -2.86. The number of aromatic nitrogens is 2. The quantitative estimate of drug-likeness (QED) is 0.666. The van der Waals surface area contributed by atoms with Crippen molar-refractivity contribution in [1.82, 2.24) is 9.97 Å². The zero-order chi connectivity index (χ0) is 17.8. The first-order chi connectivity index (χ1) is 12.0. The van der Waals surface area contributed by atoms with E-state index in [9.17, 15) is 4.39 Å². The van der Waals surface area contributed by atoms with Crippen LogP contribution in [-0.4, -0.2) is 17.1 Å². The van der Waals surface area contributed by atoms with Crippen molar-refractivity contribution in [2.24, 2.45) is 0 Å². The summed E-state index contributed by atoms with van der Waals surface area (Å²) < 4.78 is 18.6. The predicted octanol–water partition coefficient (Wildman–Crippen LogP) is 5.07. The first-order valence-corrected chi connectivity index (χ1v) is 7.90. The SMILES string of the molecule is COc1ccc(Cl)cc1Nc1cc(C)nc(Nc2cccc(F)c2)n1. The minimum atomic E-state index is -0.334. The lowest BCUT2D eigenvalue weighted by molar-refractivity contribution is 0.417. The normalized spacial score (nSPS) is 10.4. The summed E-state index contributed by atoms with van der Waals surface area (Å²) in [5.41, 5.74) is 2.00. The van der Waals surface area contributed by atoms with Crippen LogP contribution in [0.2, 0.25) is 5.02 Å². The summed E-state index contributed by atoms with van der Waals surface area (Å²) in [7, 11) is 1.58. The summed E-state index contributed by atoms with van der Waals surface area (Å²) in [4.78, 5) is 8.72. The van der Waals surface area contributed by atoms with Gasteiger partial charge in [0.1, 0.15) is 17.4 Å². The fourth-order valence-corrected chi connectivity index (χ4v) is 2.47. The fraction of sp³-hybridized carbons (Fsp3) is 0.111. The highest BCUT2D eigenvalue weighted by Crippen LogP contribution is 2.30. The molecule has 1 aromatic heterocycles. The third-order valence-corrected chi connectivity index (χ3v) is 3.59. The van der Waals surface area contributed by atoms with E-state index in [1.165, 1.54) is 12.1 Å². The Morgan fingerprint density at radius 3 is 2.64 bits per heavy atom. The van der Waals surface area contributed by atoms with Crippen LogP contribution in [0, 0.1) is 12.7 Å². The van der Waals surface area contributed by atoms with Crippen LogP contribution < -0.4 is 15.4 Å². The molecule has 128 valence electrons. The van der Waals surface area contributed by atoms with Crippen molar-refractivity contribution in [3.63, 3.8) is 0 Å². The minimum Gasteiger partial charge on any atom is -0.495 e. The number of nitrogens with zero attached hydrogens (tertiary/aromatic N) is 2. The predicted molar refractivity (Wildman–Crippen MR) is 97.7 cm³/mol. The number of ether oxygens (including phenoxy) is 1. The molecule has 2 N–H and O–H groups in total. The number of rotatable bonds is 5. The molecule has 0 saturated carbocycles. The molecule has 0 aliphatic heterocycles. The molecule has 0 radical (unpaired) electrons. The van der Waals surface area contributed by atoms with E-state index in [0.29, 0.717) is 33.9 Å². The minimum absolute atomic E-state index is 0.334. The van der Waals surface area contributed by atoms with Gasteiger partial charge in [0, 0.05) is 22.5 Å². The molecular formula is C18H16ClFN4O. The number of methoxy groups -OCH3 is 1. The molecule has 25 heavy (non-hydrogen) atoms. The zero-order valence-corrected chi connectivity index (χ0v) is 14.4. The molecule has 3 aromatic rings. The van der Waals surface area contributed by atoms with Gasteiger partial charge in [-0.3, -0.25) is 0 Å². The lowest BCUT2D eigenvalue weighted by Gasteiger charge is -2.13. The van der Waals surface area contributed by atoms with Crippen molar-refractivity contribution < 1.29 is 9.13 Å². The molecule has 0 fully saturated rings. The van der Waals surface area contributed by atoms with Gasteiger partial charge in [-0.05, 0) is 43.3 Å². The topological polar surface area (TPSA) is 59.1 Å². The third-order valence-electron chi connectivity index (χ3n) is 3.36. The molecule has 0 unspecified atom stereocenters. The van der Waals surface area contributed by atoms with E-state index in [1.54, 1.807) is 43.5 Å². The third kappa shape index (κ3) is 4.36. The second-order valence-electron chi connectivity index (χ2n) is 5.32. The van der Waals surface area contributed by atoms with Crippen molar-refractivity contribution >= 4 is 34.7 Å². The van der Waals surface area contributed by atoms with E-state index < -0.39 is 0 Å². The van der Waals surface area contributed by atoms with E-state index in [1.807, 2.05) is 6.92 Å². The number of halogens is 2. The first-order valence-electron chi connectivity index (χ1n) is 7.52. The Morgan fingerprint density at radius 1 is 1.04 bits per heavy atom. The molecule has 7 heteroatoms. The number of aryl methyl sites for hydroxylation is 1. The van der Waals surface area contributed by atoms with E-state index in [-0.39, 0.29) is 5.82 Å². The highest BCUT2D eigenvalue weighted by Gasteiger charge is 2.08. The Kier molecular flexibility index (Phi) is 5.00. The first kappa shape index (κ1) is 17.0. The summed E-state index contributed by atoms with van der Waals surface area (Å²) in [6.07, 6.45) is 0. The molecule has 0 spiro atoms. The van der Waals surface area contributed by atoms with Gasteiger partial charge in [0.2, 0.25) is 5.95 Å². The van der Waals surface area contributed by atoms with Gasteiger partial charge >= 0.3 is 0 Å². The summed E-state index contributed by atoms with van der Waals surface area (Å²) in [6.45, 7) is 1.85. The van der Waals surface area contributed by atoms with Gasteiger partial charge in [-0.25, -0.2) is 9.37 Å². The molecular weight excluding hydrogens is 343 g/mol. The lowest BCUT2D eigenvalue weighted by Crippen LogP contribution is -2.03. The van der Waals surface area contributed by atoms with Crippen molar-refractivity contribution in [1.29, 1.82) is 0 Å². The highest BCUT2D eigenvalue weighted by molar-refractivity contribution is 6.31. The van der Waals surface area contributed by atoms with Crippen LogP contribution in [0.5, 0.6) is 5.75 Å². The Bertz CT molecular complexity index is 904. The van der Waals surface area contributed by atoms with Crippen LogP contribution >= 0.6 is 11.6 Å². The van der Waals surface area contributed by atoms with Gasteiger partial charge in [-0.15, -0.1) is 0 Å². The zero-order valence-electron chi connectivity index (χ0n) is 13.7. The number of nitrogens with one attached hydrogen (secondary N) is 2. The Morgan fingerprint density at radius 2 is 1.88 bits per heavy atom. The Balaban J connectivity index is 1.88. The van der Waals surface area contributed by atoms with Crippen LogP contribution in [0.1, 0.15) is 5.69 Å². The average molecular weight is 359 g/mol. The van der Waals surface area contributed by atoms with Gasteiger partial charge in [-0.2, -0.15) is 4.98 Å². The van der Waals surface area contributed by atoms with Crippen LogP contribution in [0.15, 0.2) is 48.5 Å². The van der Waals surface area contributed by atoms with Crippen molar-refractivity contribution in [3.05, 3.63) is 65.1 Å². The monoisotopic (exact) mass is 358 g/mol. The van der Waals surface area contributed by atoms with E-state index in [4.69, 9.17) is 16.3 Å². The molecule has 0 atom stereocenters. The van der Waals surface area contributed by atoms with Crippen molar-refractivity contribution in [2.75, 3.05) is 17.7 Å². The number of hydrogen-bond donors (Lipinski definition) is 2. The second kappa shape index (κ2) is 7.36. The largest absolute Gasteiger partial charge is 0.495 e. The van der Waals surface area contributed by atoms with Crippen LogP contribution in [0.4, 0.5) is 27.5 Å². The van der Waals surface area contributed by atoms with E-state index >= 15 is 0 Å². The van der Waals surface area contributed by atoms with Crippen LogP contribution in [0.25, 0.3) is 0 Å². The molecule has 0 bridgehead atoms. The van der Waals surface area contributed by atoms with Gasteiger partial charge in [0.25, 0.3) is 0 Å². The molecule has 0 amide bonds. The standard InChI is InChI=1S/C18H16ClFN4O/c1-11-8-17(23-15-9-12(19)6-7-16(15)25-2)24-18(21-11)22-14-5-3-4-13(20)10-14/h3-10H,1-2H3,(H2,21,22,23,24). The highest BCUT2D eigenvalue weighted by atomic mass is 35.5. The smallest absolute Gasteiger partial charge is 0.229 e. The van der Waals surface area contributed by atoms with Gasteiger partial charge < -0.3 is 15.4 Å². The summed E-state index contributed by atoms with van der Waals surface area (Å²) >= 11 is 6.05. The number of benzene rings is 2. The molecule has 0 aliphatic rings. The van der Waals surface area contributed by atoms with Crippen molar-refractivity contribution in [3.8, 4) is 5.75 Å². The van der Waals surface area contributed by atoms with Crippen LogP contribution in [0.3, 0.4) is 0 Å². The molecule has 5 nitrogen and oxygen atoms in total. The summed E-state index contributed by atoms with van der Waals surface area (Å²) in [6, 6.07) is 13.2. The maximum absolute atomic E-state index is 13.3. The van der Waals surface area contributed by atoms with Gasteiger partial charge in [-0.1, -0.05) is 17.7 Å². The fourth-order valence-electron chi connectivity index (χ4n) is 2.30. The van der Waals surface area contributed by atoms with Crippen molar-refractivity contribution in [2.45, 2.75) is 6.92 Å². The maximum atomic E-state index is 13.3. The molecule has 3 rings (SSSR count). The average Bonchev–Trinajstić information content (AvgIpc) is 2.54. The van der Waals surface area contributed by atoms with E-state index in [0.717, 1.165) is 5.69 Å². The molecule has 0 saturated heterocycles.